The molecule has 0 radical (unpaired) electrons. The highest BCUT2D eigenvalue weighted by Crippen LogP contribution is 2.44. The van der Waals surface area contributed by atoms with Crippen molar-refractivity contribution in [3.05, 3.63) is 42.0 Å². The minimum Gasteiger partial charge on any atom is -0.394 e. The van der Waals surface area contributed by atoms with Gasteiger partial charge in [-0.25, -0.2) is 5.48 Å². The predicted octanol–water partition coefficient (Wildman–Crippen LogP) is 3.67. The Labute approximate surface area is 106 Å². The van der Waals surface area contributed by atoms with Crippen LogP contribution in [0.2, 0.25) is 0 Å². The molecule has 2 bridgehead atoms. The SMILES string of the molecule is Nc1c2ccc(-c3cccc(C(F)(F)F)c3)c1ON2. The summed E-state index contributed by atoms with van der Waals surface area (Å²) in [6, 6.07) is 8.39. The van der Waals surface area contributed by atoms with Gasteiger partial charge in [0.25, 0.3) is 0 Å². The number of rotatable bonds is 1. The fourth-order valence-electron chi connectivity index (χ4n) is 1.99. The first-order valence-electron chi connectivity index (χ1n) is 5.50. The van der Waals surface area contributed by atoms with E-state index in [0.29, 0.717) is 28.3 Å². The molecule has 2 aromatic rings. The maximum atomic E-state index is 12.7. The highest BCUT2D eigenvalue weighted by atomic mass is 19.4. The Morgan fingerprint density at radius 2 is 1.89 bits per heavy atom. The lowest BCUT2D eigenvalue weighted by Gasteiger charge is -2.10. The molecule has 1 heterocycles. The Bertz CT molecular complexity index is 653. The van der Waals surface area contributed by atoms with E-state index in [1.165, 1.54) is 6.07 Å². The van der Waals surface area contributed by atoms with Crippen molar-refractivity contribution in [2.45, 2.75) is 6.18 Å². The Hall–Kier alpha value is -2.37. The molecule has 0 saturated carbocycles. The number of benzene rings is 2. The van der Waals surface area contributed by atoms with E-state index in [9.17, 15) is 13.2 Å². The van der Waals surface area contributed by atoms with Gasteiger partial charge < -0.3 is 10.6 Å². The molecule has 0 aromatic heterocycles. The minimum absolute atomic E-state index is 0.358. The van der Waals surface area contributed by atoms with Gasteiger partial charge in [-0.3, -0.25) is 0 Å². The van der Waals surface area contributed by atoms with Crippen LogP contribution in [-0.4, -0.2) is 0 Å². The summed E-state index contributed by atoms with van der Waals surface area (Å²) in [7, 11) is 0. The van der Waals surface area contributed by atoms with Crippen LogP contribution in [-0.2, 0) is 6.18 Å². The van der Waals surface area contributed by atoms with Crippen LogP contribution in [0.1, 0.15) is 5.56 Å². The minimum atomic E-state index is -4.37. The van der Waals surface area contributed by atoms with Crippen molar-refractivity contribution in [2.24, 2.45) is 0 Å². The molecular weight excluding hydrogens is 257 g/mol. The number of hydrogen-bond donors (Lipinski definition) is 2. The van der Waals surface area contributed by atoms with Crippen molar-refractivity contribution in [3.63, 3.8) is 0 Å². The number of fused-ring (bicyclic) bond motifs is 2. The third-order valence-electron chi connectivity index (χ3n) is 2.96. The van der Waals surface area contributed by atoms with Gasteiger partial charge in [0.15, 0.2) is 5.75 Å². The topological polar surface area (TPSA) is 47.3 Å². The monoisotopic (exact) mass is 266 g/mol. The van der Waals surface area contributed by atoms with E-state index in [-0.39, 0.29) is 0 Å². The lowest BCUT2D eigenvalue weighted by molar-refractivity contribution is -0.137. The standard InChI is InChI=1S/C13H9F3N2O/c14-13(15,16)8-3-1-2-7(6-8)9-4-5-10-11(17)12(9)19-18-10/h1-6,18H,17H2. The maximum absolute atomic E-state index is 12.7. The Morgan fingerprint density at radius 1 is 1.11 bits per heavy atom. The van der Waals surface area contributed by atoms with Crippen molar-refractivity contribution >= 4 is 11.4 Å². The van der Waals surface area contributed by atoms with Gasteiger partial charge in [0.2, 0.25) is 0 Å². The fraction of sp³-hybridized carbons (Fsp3) is 0.0769. The summed E-state index contributed by atoms with van der Waals surface area (Å²) in [5.41, 5.74) is 9.64. The lowest BCUT2D eigenvalue weighted by Crippen LogP contribution is -2.04. The van der Waals surface area contributed by atoms with Gasteiger partial charge in [-0.1, -0.05) is 12.1 Å². The highest BCUT2D eigenvalue weighted by Gasteiger charge is 2.31. The molecule has 3 rings (SSSR count). The summed E-state index contributed by atoms with van der Waals surface area (Å²) in [5, 5.41) is 0. The molecule has 1 aliphatic rings. The molecule has 0 amide bonds. The van der Waals surface area contributed by atoms with Crippen LogP contribution in [0, 0.1) is 0 Å². The Kier molecular flexibility index (Phi) is 2.35. The quantitative estimate of drug-likeness (QED) is 0.774. The van der Waals surface area contributed by atoms with Gasteiger partial charge in [-0.2, -0.15) is 13.2 Å². The zero-order chi connectivity index (χ0) is 13.6. The van der Waals surface area contributed by atoms with E-state index in [4.69, 9.17) is 10.6 Å². The van der Waals surface area contributed by atoms with E-state index >= 15 is 0 Å². The second kappa shape index (κ2) is 3.81. The molecule has 0 fully saturated rings. The van der Waals surface area contributed by atoms with Crippen LogP contribution in [0.15, 0.2) is 36.4 Å². The predicted molar refractivity (Wildman–Crippen MR) is 65.5 cm³/mol. The molecule has 0 saturated heterocycles. The first-order chi connectivity index (χ1) is 8.97. The molecule has 0 atom stereocenters. The van der Waals surface area contributed by atoms with Gasteiger partial charge in [0.1, 0.15) is 5.69 Å². The Balaban J connectivity index is 2.13. The van der Waals surface area contributed by atoms with E-state index in [1.54, 1.807) is 18.2 Å². The molecule has 6 heteroatoms. The number of nitrogens with one attached hydrogen (secondary N) is 1. The number of nitrogens with two attached hydrogens (primary N) is 1. The molecule has 1 aliphatic heterocycles. The molecule has 3 N–H and O–H groups in total. The summed E-state index contributed by atoms with van der Waals surface area (Å²) in [4.78, 5) is 5.17. The van der Waals surface area contributed by atoms with Crippen molar-refractivity contribution in [2.75, 3.05) is 11.2 Å². The lowest BCUT2D eigenvalue weighted by atomic mass is 10.0. The fourth-order valence-corrected chi connectivity index (χ4v) is 1.99. The van der Waals surface area contributed by atoms with Crippen molar-refractivity contribution in [1.29, 1.82) is 0 Å². The molecule has 19 heavy (non-hydrogen) atoms. The maximum Gasteiger partial charge on any atom is 0.416 e. The summed E-state index contributed by atoms with van der Waals surface area (Å²) >= 11 is 0. The molecule has 0 spiro atoms. The van der Waals surface area contributed by atoms with Gasteiger partial charge in [-0.15, -0.1) is 0 Å². The summed E-state index contributed by atoms with van der Waals surface area (Å²) in [5.74, 6) is 0.358. The van der Waals surface area contributed by atoms with Crippen molar-refractivity contribution in [1.82, 2.24) is 0 Å². The first-order valence-corrected chi connectivity index (χ1v) is 5.50. The zero-order valence-electron chi connectivity index (χ0n) is 9.58. The van der Waals surface area contributed by atoms with Crippen LogP contribution < -0.4 is 16.1 Å². The van der Waals surface area contributed by atoms with Crippen LogP contribution in [0.25, 0.3) is 11.1 Å². The third kappa shape index (κ3) is 1.85. The third-order valence-corrected chi connectivity index (χ3v) is 2.96. The second-order valence-corrected chi connectivity index (χ2v) is 4.19. The smallest absolute Gasteiger partial charge is 0.394 e. The highest BCUT2D eigenvalue weighted by molar-refractivity contribution is 5.87. The molecule has 0 aliphatic carbocycles. The van der Waals surface area contributed by atoms with E-state index in [2.05, 4.69) is 5.48 Å². The first kappa shape index (κ1) is 11.7. The number of nitrogen functional groups attached to an aromatic ring is 1. The summed E-state index contributed by atoms with van der Waals surface area (Å²) < 4.78 is 38.1. The molecule has 0 unspecified atom stereocenters. The van der Waals surface area contributed by atoms with Gasteiger partial charge >= 0.3 is 6.18 Å². The number of hydrogen-bond acceptors (Lipinski definition) is 3. The van der Waals surface area contributed by atoms with Crippen LogP contribution >= 0.6 is 0 Å². The van der Waals surface area contributed by atoms with Crippen molar-refractivity contribution < 1.29 is 18.0 Å². The number of alkyl halides is 3. The van der Waals surface area contributed by atoms with Crippen molar-refractivity contribution in [3.8, 4) is 16.9 Å². The number of anilines is 2. The van der Waals surface area contributed by atoms with Gasteiger partial charge in [-0.05, 0) is 29.8 Å². The largest absolute Gasteiger partial charge is 0.416 e. The normalized spacial score (nSPS) is 13.0. The van der Waals surface area contributed by atoms with Gasteiger partial charge in [0, 0.05) is 5.56 Å². The molecule has 98 valence electrons. The average molecular weight is 266 g/mol. The van der Waals surface area contributed by atoms with Crippen LogP contribution in [0.3, 0.4) is 0 Å². The Morgan fingerprint density at radius 3 is 2.63 bits per heavy atom. The average Bonchev–Trinajstić information content (AvgIpc) is 2.62. The van der Waals surface area contributed by atoms with Gasteiger partial charge in [0.05, 0.1) is 11.3 Å². The van der Waals surface area contributed by atoms with E-state index in [0.717, 1.165) is 12.1 Å². The molecule has 3 nitrogen and oxygen atoms in total. The van der Waals surface area contributed by atoms with E-state index in [1.807, 2.05) is 0 Å². The van der Waals surface area contributed by atoms with Crippen LogP contribution in [0.4, 0.5) is 24.5 Å². The van der Waals surface area contributed by atoms with E-state index < -0.39 is 11.7 Å². The molecular formula is C13H9F3N2O. The summed E-state index contributed by atoms with van der Waals surface area (Å²) in [6.45, 7) is 0. The zero-order valence-corrected chi connectivity index (χ0v) is 9.58. The molecule has 2 aromatic carbocycles. The summed E-state index contributed by atoms with van der Waals surface area (Å²) in [6.07, 6.45) is -4.37. The second-order valence-electron chi connectivity index (χ2n) is 4.19. The van der Waals surface area contributed by atoms with Crippen LogP contribution in [0.5, 0.6) is 5.75 Å². The number of halogens is 3.